The Balaban J connectivity index is 1.63. The fraction of sp³-hybridized carbons (Fsp3) is 0.333. The van der Waals surface area contributed by atoms with Gasteiger partial charge in [-0.2, -0.15) is 13.2 Å². The minimum absolute atomic E-state index is 0.136. The Bertz CT molecular complexity index is 1030. The first-order chi connectivity index (χ1) is 14.2. The molecule has 30 heavy (non-hydrogen) atoms. The van der Waals surface area contributed by atoms with Crippen molar-refractivity contribution < 1.29 is 31.4 Å². The van der Waals surface area contributed by atoms with Gasteiger partial charge in [-0.1, -0.05) is 12.1 Å². The monoisotopic (exact) mass is 428 g/mol. The second-order valence-corrected chi connectivity index (χ2v) is 6.84. The van der Waals surface area contributed by atoms with E-state index >= 15 is 0 Å². The summed E-state index contributed by atoms with van der Waals surface area (Å²) in [5.41, 5.74) is 1.87. The molecular weight excluding hydrogens is 407 g/mol. The number of benzene rings is 2. The minimum Gasteiger partial charge on any atom is -0.491 e. The molecule has 0 atom stereocenters. The maximum atomic E-state index is 14.7. The first-order valence-electron chi connectivity index (χ1n) is 9.18. The molecule has 0 bridgehead atoms. The summed E-state index contributed by atoms with van der Waals surface area (Å²) in [5, 5.41) is 3.47. The fourth-order valence-electron chi connectivity index (χ4n) is 3.28. The van der Waals surface area contributed by atoms with Crippen LogP contribution in [0.1, 0.15) is 11.1 Å². The highest BCUT2D eigenvalue weighted by molar-refractivity contribution is 5.86. The van der Waals surface area contributed by atoms with Crippen LogP contribution in [0.15, 0.2) is 36.5 Å². The lowest BCUT2D eigenvalue weighted by molar-refractivity contribution is -0.153. The number of rotatable bonds is 8. The average Bonchev–Trinajstić information content (AvgIpc) is 2.99. The Morgan fingerprint density at radius 2 is 1.90 bits per heavy atom. The third kappa shape index (κ3) is 5.02. The number of aryl methyl sites for hydroxylation is 1. The topological polar surface area (TPSA) is 35.4 Å². The number of halogens is 5. The van der Waals surface area contributed by atoms with E-state index in [4.69, 9.17) is 9.47 Å². The van der Waals surface area contributed by atoms with Gasteiger partial charge in [0, 0.05) is 31.2 Å². The van der Waals surface area contributed by atoms with Gasteiger partial charge in [0.2, 0.25) is 0 Å². The molecule has 1 aromatic heterocycles. The van der Waals surface area contributed by atoms with Crippen molar-refractivity contribution in [2.45, 2.75) is 19.1 Å². The quantitative estimate of drug-likeness (QED) is 0.416. The third-order valence-electron chi connectivity index (χ3n) is 4.61. The number of hydrogen-bond acceptors (Lipinski definition) is 3. The van der Waals surface area contributed by atoms with Gasteiger partial charge < -0.3 is 19.4 Å². The van der Waals surface area contributed by atoms with Crippen LogP contribution in [-0.2, 0) is 20.0 Å². The zero-order valence-electron chi connectivity index (χ0n) is 16.4. The molecule has 0 amide bonds. The molecule has 0 fully saturated rings. The van der Waals surface area contributed by atoms with Crippen LogP contribution in [0.3, 0.4) is 0 Å². The summed E-state index contributed by atoms with van der Waals surface area (Å²) in [4.78, 5) is 0. The van der Waals surface area contributed by atoms with Crippen molar-refractivity contribution in [2.75, 3.05) is 20.3 Å². The standard InChI is InChI=1S/C21H21F5N2O2/c1-28-11-14(18-17(28)9-16(22)20(29-2)19(18)23)6-7-27-10-13-4-3-5-15(8-13)30-12-21(24,25)26/h3-5,8-9,11,27H,6-7,10,12H2,1-2H3. The second-order valence-electron chi connectivity index (χ2n) is 6.84. The van der Waals surface area contributed by atoms with Crippen LogP contribution in [0, 0.1) is 11.6 Å². The Morgan fingerprint density at radius 1 is 1.13 bits per heavy atom. The van der Waals surface area contributed by atoms with Crippen LogP contribution in [0.2, 0.25) is 0 Å². The van der Waals surface area contributed by atoms with Gasteiger partial charge in [-0.05, 0) is 36.2 Å². The molecular formula is C21H21F5N2O2. The number of ether oxygens (including phenoxy) is 2. The number of fused-ring (bicyclic) bond motifs is 1. The number of alkyl halides is 3. The molecule has 3 aromatic rings. The summed E-state index contributed by atoms with van der Waals surface area (Å²) in [5.74, 6) is -1.78. The molecule has 0 aliphatic heterocycles. The van der Waals surface area contributed by atoms with E-state index in [2.05, 4.69) is 5.32 Å². The van der Waals surface area contributed by atoms with Crippen molar-refractivity contribution >= 4 is 10.9 Å². The molecule has 1 N–H and O–H groups in total. The highest BCUT2D eigenvalue weighted by Gasteiger charge is 2.28. The van der Waals surface area contributed by atoms with Gasteiger partial charge >= 0.3 is 6.18 Å². The van der Waals surface area contributed by atoms with Crippen molar-refractivity contribution in [1.29, 1.82) is 0 Å². The number of nitrogens with zero attached hydrogens (tertiary/aromatic N) is 1. The average molecular weight is 428 g/mol. The van der Waals surface area contributed by atoms with Gasteiger partial charge in [-0.15, -0.1) is 0 Å². The molecule has 4 nitrogen and oxygen atoms in total. The predicted molar refractivity (Wildman–Crippen MR) is 103 cm³/mol. The lowest BCUT2D eigenvalue weighted by Crippen LogP contribution is -2.19. The molecule has 1 heterocycles. The van der Waals surface area contributed by atoms with E-state index < -0.39 is 30.2 Å². The van der Waals surface area contributed by atoms with Crippen molar-refractivity contribution in [3.05, 3.63) is 59.3 Å². The molecule has 0 radical (unpaired) electrons. The smallest absolute Gasteiger partial charge is 0.422 e. The maximum absolute atomic E-state index is 14.7. The first-order valence-corrected chi connectivity index (χ1v) is 9.18. The van der Waals surface area contributed by atoms with Crippen molar-refractivity contribution in [2.24, 2.45) is 7.05 Å². The van der Waals surface area contributed by atoms with E-state index in [1.54, 1.807) is 29.9 Å². The van der Waals surface area contributed by atoms with Gasteiger partial charge in [-0.3, -0.25) is 0 Å². The summed E-state index contributed by atoms with van der Waals surface area (Å²) in [6, 6.07) is 7.60. The predicted octanol–water partition coefficient (Wildman–Crippen LogP) is 4.74. The van der Waals surface area contributed by atoms with E-state index in [-0.39, 0.29) is 5.75 Å². The first kappa shape index (κ1) is 21.9. The Labute approximate surface area is 170 Å². The molecule has 2 aromatic carbocycles. The van der Waals surface area contributed by atoms with Crippen molar-refractivity contribution in [3.63, 3.8) is 0 Å². The second kappa shape index (κ2) is 8.91. The van der Waals surface area contributed by atoms with E-state index in [9.17, 15) is 22.0 Å². The highest BCUT2D eigenvalue weighted by atomic mass is 19.4. The van der Waals surface area contributed by atoms with E-state index in [1.165, 1.54) is 25.3 Å². The van der Waals surface area contributed by atoms with Crippen LogP contribution in [0.4, 0.5) is 22.0 Å². The number of nitrogens with one attached hydrogen (secondary N) is 1. The van der Waals surface area contributed by atoms with Crippen molar-refractivity contribution in [3.8, 4) is 11.5 Å². The number of methoxy groups -OCH3 is 1. The Hall–Kier alpha value is -2.81. The zero-order valence-corrected chi connectivity index (χ0v) is 16.4. The van der Waals surface area contributed by atoms with Crippen molar-refractivity contribution in [1.82, 2.24) is 9.88 Å². The van der Waals surface area contributed by atoms with Crippen LogP contribution < -0.4 is 14.8 Å². The fourth-order valence-corrected chi connectivity index (χ4v) is 3.28. The van der Waals surface area contributed by atoms with E-state index in [0.717, 1.165) is 5.56 Å². The Morgan fingerprint density at radius 3 is 2.60 bits per heavy atom. The normalized spacial score (nSPS) is 11.8. The van der Waals surface area contributed by atoms with Crippen LogP contribution in [0.5, 0.6) is 11.5 Å². The molecule has 0 unspecified atom stereocenters. The van der Waals surface area contributed by atoms with Gasteiger partial charge in [0.15, 0.2) is 24.0 Å². The maximum Gasteiger partial charge on any atom is 0.422 e. The van der Waals surface area contributed by atoms with E-state index in [0.29, 0.717) is 36.0 Å². The molecule has 0 saturated heterocycles. The van der Waals surface area contributed by atoms with Crippen LogP contribution in [-0.4, -0.2) is 31.0 Å². The number of hydrogen-bond donors (Lipinski definition) is 1. The summed E-state index contributed by atoms with van der Waals surface area (Å²) in [7, 11) is 2.92. The Kier molecular flexibility index (Phi) is 6.50. The van der Waals surface area contributed by atoms with Gasteiger partial charge in [0.05, 0.1) is 12.6 Å². The summed E-state index contributed by atoms with van der Waals surface area (Å²) >= 11 is 0. The van der Waals surface area contributed by atoms with Crippen LogP contribution >= 0.6 is 0 Å². The van der Waals surface area contributed by atoms with Gasteiger partial charge in [-0.25, -0.2) is 8.78 Å². The molecule has 0 spiro atoms. The van der Waals surface area contributed by atoms with Crippen LogP contribution in [0.25, 0.3) is 10.9 Å². The van der Waals surface area contributed by atoms with Gasteiger partial charge in [0.1, 0.15) is 5.75 Å². The minimum atomic E-state index is -4.40. The van der Waals surface area contributed by atoms with Gasteiger partial charge in [0.25, 0.3) is 0 Å². The largest absolute Gasteiger partial charge is 0.491 e. The molecule has 3 rings (SSSR count). The summed E-state index contributed by atoms with van der Waals surface area (Å²) in [6.07, 6.45) is -2.19. The third-order valence-corrected chi connectivity index (χ3v) is 4.61. The summed E-state index contributed by atoms with van der Waals surface area (Å²) < 4.78 is 76.7. The lowest BCUT2D eigenvalue weighted by atomic mass is 10.1. The SMILES string of the molecule is COc1c(F)cc2c(c(CCNCc3cccc(OCC(F)(F)F)c3)cn2C)c1F. The zero-order chi connectivity index (χ0) is 21.9. The summed E-state index contributed by atoms with van der Waals surface area (Å²) in [6.45, 7) is -0.471. The molecule has 9 heteroatoms. The molecule has 162 valence electrons. The molecule has 0 aliphatic carbocycles. The molecule has 0 aliphatic rings. The molecule has 0 saturated carbocycles. The highest BCUT2D eigenvalue weighted by Crippen LogP contribution is 2.32. The van der Waals surface area contributed by atoms with E-state index in [1.807, 2.05) is 0 Å². The lowest BCUT2D eigenvalue weighted by Gasteiger charge is -2.11. The number of aromatic nitrogens is 1.